The summed E-state index contributed by atoms with van der Waals surface area (Å²) in [6, 6.07) is 6.27. The summed E-state index contributed by atoms with van der Waals surface area (Å²) in [5, 5.41) is 0. The van der Waals surface area contributed by atoms with E-state index in [-0.39, 0.29) is 0 Å². The molecular formula is C15H20BrClN2. The van der Waals surface area contributed by atoms with Gasteiger partial charge in [0.05, 0.1) is 11.0 Å². The minimum absolute atomic E-state index is 0.324. The summed E-state index contributed by atoms with van der Waals surface area (Å²) in [5.41, 5.74) is 2.57. The molecule has 0 radical (unpaired) electrons. The molecule has 0 aliphatic carbocycles. The molecular weight excluding hydrogens is 324 g/mol. The Balaban J connectivity index is 2.40. The molecule has 0 bridgehead atoms. The molecule has 1 aromatic heterocycles. The van der Waals surface area contributed by atoms with Gasteiger partial charge in [-0.2, -0.15) is 0 Å². The highest BCUT2D eigenvalue weighted by Crippen LogP contribution is 2.25. The third-order valence-electron chi connectivity index (χ3n) is 3.19. The number of fused-ring (bicyclic) bond motifs is 1. The lowest BCUT2D eigenvalue weighted by molar-refractivity contribution is 0.350. The Bertz CT molecular complexity index is 569. The van der Waals surface area contributed by atoms with Gasteiger partial charge in [0.25, 0.3) is 0 Å². The van der Waals surface area contributed by atoms with E-state index >= 15 is 0 Å². The largest absolute Gasteiger partial charge is 0.328 e. The van der Waals surface area contributed by atoms with Crippen molar-refractivity contribution in [3.05, 3.63) is 28.5 Å². The van der Waals surface area contributed by atoms with Crippen LogP contribution in [0.1, 0.15) is 33.0 Å². The zero-order chi connectivity index (χ0) is 14.0. The first-order valence-electron chi connectivity index (χ1n) is 6.61. The molecule has 0 spiro atoms. The van der Waals surface area contributed by atoms with E-state index in [1.54, 1.807) is 0 Å². The van der Waals surface area contributed by atoms with Crippen molar-refractivity contribution in [1.29, 1.82) is 0 Å². The quantitative estimate of drug-likeness (QED) is 0.713. The standard InChI is InChI=1S/C15H20BrClN2/c1-15(2,3)7-9-19-13-5-4-11(16)10-12(13)18-14(19)6-8-17/h4-5,10H,6-9H2,1-3H3. The van der Waals surface area contributed by atoms with E-state index in [2.05, 4.69) is 59.5 Å². The van der Waals surface area contributed by atoms with Crippen LogP contribution in [0.4, 0.5) is 0 Å². The number of imidazole rings is 1. The molecule has 0 fully saturated rings. The van der Waals surface area contributed by atoms with Crippen molar-refractivity contribution < 1.29 is 0 Å². The highest BCUT2D eigenvalue weighted by Gasteiger charge is 2.15. The summed E-state index contributed by atoms with van der Waals surface area (Å²) in [6.07, 6.45) is 1.95. The second kappa shape index (κ2) is 5.84. The first-order valence-corrected chi connectivity index (χ1v) is 7.94. The third-order valence-corrected chi connectivity index (χ3v) is 3.88. The van der Waals surface area contributed by atoms with E-state index in [0.29, 0.717) is 11.3 Å². The van der Waals surface area contributed by atoms with Gasteiger partial charge in [-0.15, -0.1) is 11.6 Å². The molecule has 2 rings (SSSR count). The first-order chi connectivity index (χ1) is 8.90. The summed E-state index contributed by atoms with van der Waals surface area (Å²) in [6.45, 7) is 7.80. The molecule has 1 aromatic carbocycles. The van der Waals surface area contributed by atoms with E-state index < -0.39 is 0 Å². The van der Waals surface area contributed by atoms with Gasteiger partial charge in [-0.1, -0.05) is 36.7 Å². The molecule has 0 N–H and O–H groups in total. The molecule has 104 valence electrons. The number of rotatable bonds is 4. The van der Waals surface area contributed by atoms with Crippen molar-refractivity contribution in [2.24, 2.45) is 5.41 Å². The molecule has 1 heterocycles. The van der Waals surface area contributed by atoms with E-state index in [9.17, 15) is 0 Å². The van der Waals surface area contributed by atoms with Gasteiger partial charge in [-0.25, -0.2) is 4.98 Å². The van der Waals surface area contributed by atoms with Gasteiger partial charge < -0.3 is 4.57 Å². The number of aryl methyl sites for hydroxylation is 2. The Morgan fingerprint density at radius 3 is 2.68 bits per heavy atom. The molecule has 0 aliphatic rings. The van der Waals surface area contributed by atoms with Crippen molar-refractivity contribution in [2.75, 3.05) is 5.88 Å². The molecule has 0 saturated carbocycles. The molecule has 0 aliphatic heterocycles. The zero-order valence-corrected chi connectivity index (χ0v) is 14.1. The van der Waals surface area contributed by atoms with Crippen molar-refractivity contribution in [3.8, 4) is 0 Å². The van der Waals surface area contributed by atoms with Gasteiger partial charge >= 0.3 is 0 Å². The van der Waals surface area contributed by atoms with Gasteiger partial charge in [0.15, 0.2) is 0 Å². The van der Waals surface area contributed by atoms with Crippen LogP contribution in [0.5, 0.6) is 0 Å². The Labute approximate surface area is 128 Å². The van der Waals surface area contributed by atoms with Crippen LogP contribution in [0.25, 0.3) is 11.0 Å². The maximum atomic E-state index is 5.89. The molecule has 0 atom stereocenters. The fourth-order valence-electron chi connectivity index (χ4n) is 2.12. The highest BCUT2D eigenvalue weighted by atomic mass is 79.9. The minimum atomic E-state index is 0.324. The molecule has 0 saturated heterocycles. The number of hydrogen-bond acceptors (Lipinski definition) is 1. The van der Waals surface area contributed by atoms with Crippen LogP contribution >= 0.6 is 27.5 Å². The van der Waals surface area contributed by atoms with E-state index in [0.717, 1.165) is 35.2 Å². The molecule has 2 nitrogen and oxygen atoms in total. The minimum Gasteiger partial charge on any atom is -0.328 e. The maximum Gasteiger partial charge on any atom is 0.111 e. The monoisotopic (exact) mass is 342 g/mol. The predicted octanol–water partition coefficient (Wildman–Crippen LogP) is 5.02. The van der Waals surface area contributed by atoms with Crippen molar-refractivity contribution >= 4 is 38.6 Å². The lowest BCUT2D eigenvalue weighted by atomic mass is 9.92. The second-order valence-corrected chi connectivity index (χ2v) is 7.36. The number of benzene rings is 1. The van der Waals surface area contributed by atoms with Crippen LogP contribution in [-0.2, 0) is 13.0 Å². The summed E-state index contributed by atoms with van der Waals surface area (Å²) < 4.78 is 3.38. The Kier molecular flexibility index (Phi) is 4.57. The lowest BCUT2D eigenvalue weighted by Crippen LogP contribution is -2.12. The van der Waals surface area contributed by atoms with E-state index in [1.807, 2.05) is 0 Å². The second-order valence-electron chi connectivity index (χ2n) is 6.06. The number of nitrogens with zero attached hydrogens (tertiary/aromatic N) is 2. The first kappa shape index (κ1) is 14.9. The van der Waals surface area contributed by atoms with E-state index in [1.165, 1.54) is 5.52 Å². The smallest absolute Gasteiger partial charge is 0.111 e. The van der Waals surface area contributed by atoms with Crippen LogP contribution in [-0.4, -0.2) is 15.4 Å². The molecule has 2 aromatic rings. The van der Waals surface area contributed by atoms with Gasteiger partial charge in [0.1, 0.15) is 5.82 Å². The van der Waals surface area contributed by atoms with Gasteiger partial charge in [-0.05, 0) is 30.0 Å². The van der Waals surface area contributed by atoms with E-state index in [4.69, 9.17) is 16.6 Å². The number of alkyl halides is 1. The lowest BCUT2D eigenvalue weighted by Gasteiger charge is -2.19. The average molecular weight is 344 g/mol. The zero-order valence-electron chi connectivity index (χ0n) is 11.7. The van der Waals surface area contributed by atoms with Crippen molar-refractivity contribution in [3.63, 3.8) is 0 Å². The summed E-state index contributed by atoms with van der Waals surface area (Å²) in [5.74, 6) is 1.70. The molecule has 0 unspecified atom stereocenters. The van der Waals surface area contributed by atoms with Gasteiger partial charge in [0, 0.05) is 23.3 Å². The fraction of sp³-hybridized carbons (Fsp3) is 0.533. The third kappa shape index (κ3) is 3.73. The van der Waals surface area contributed by atoms with Crippen LogP contribution in [0.3, 0.4) is 0 Å². The molecule has 4 heteroatoms. The number of hydrogen-bond donors (Lipinski definition) is 0. The number of halogens is 2. The highest BCUT2D eigenvalue weighted by molar-refractivity contribution is 9.10. The SMILES string of the molecule is CC(C)(C)CCn1c(CCCl)nc2cc(Br)ccc21. The van der Waals surface area contributed by atoms with Crippen molar-refractivity contribution in [1.82, 2.24) is 9.55 Å². The van der Waals surface area contributed by atoms with Gasteiger partial charge in [-0.3, -0.25) is 0 Å². The molecule has 0 amide bonds. The normalized spacial score (nSPS) is 12.3. The summed E-state index contributed by atoms with van der Waals surface area (Å²) in [7, 11) is 0. The number of aromatic nitrogens is 2. The van der Waals surface area contributed by atoms with Crippen LogP contribution < -0.4 is 0 Å². The molecule has 19 heavy (non-hydrogen) atoms. The maximum absolute atomic E-state index is 5.89. The van der Waals surface area contributed by atoms with Crippen molar-refractivity contribution in [2.45, 2.75) is 40.2 Å². The topological polar surface area (TPSA) is 17.8 Å². The Morgan fingerprint density at radius 2 is 2.05 bits per heavy atom. The predicted molar refractivity (Wildman–Crippen MR) is 85.9 cm³/mol. The Morgan fingerprint density at radius 1 is 1.32 bits per heavy atom. The summed E-state index contributed by atoms with van der Waals surface area (Å²) in [4.78, 5) is 4.71. The Hall–Kier alpha value is -0.540. The van der Waals surface area contributed by atoms with Crippen LogP contribution in [0, 0.1) is 5.41 Å². The van der Waals surface area contributed by atoms with Crippen LogP contribution in [0.2, 0.25) is 0 Å². The fourth-order valence-corrected chi connectivity index (χ4v) is 2.64. The average Bonchev–Trinajstić information content (AvgIpc) is 2.62. The van der Waals surface area contributed by atoms with Gasteiger partial charge in [0.2, 0.25) is 0 Å². The summed E-state index contributed by atoms with van der Waals surface area (Å²) >= 11 is 9.39. The van der Waals surface area contributed by atoms with Crippen LogP contribution in [0.15, 0.2) is 22.7 Å².